The van der Waals surface area contributed by atoms with E-state index in [0.717, 1.165) is 5.75 Å². The van der Waals surface area contributed by atoms with Gasteiger partial charge in [0.15, 0.2) is 5.60 Å². The maximum absolute atomic E-state index is 11.2. The lowest BCUT2D eigenvalue weighted by atomic mass is 10.1. The highest BCUT2D eigenvalue weighted by Gasteiger charge is 2.30. The van der Waals surface area contributed by atoms with Crippen LogP contribution in [0.4, 0.5) is 0 Å². The number of aliphatic hydroxyl groups is 1. The lowest BCUT2D eigenvalue weighted by Gasteiger charge is -2.19. The van der Waals surface area contributed by atoms with Crippen molar-refractivity contribution in [2.45, 2.75) is 18.3 Å². The number of rotatable bonds is 5. The quantitative estimate of drug-likeness (QED) is 0.798. The highest BCUT2D eigenvalue weighted by atomic mass is 32.2. The van der Waals surface area contributed by atoms with Crippen molar-refractivity contribution < 1.29 is 14.6 Å². The zero-order valence-electron chi connectivity index (χ0n) is 9.47. The van der Waals surface area contributed by atoms with Crippen LogP contribution in [0.5, 0.6) is 0 Å². The first-order valence-electron chi connectivity index (χ1n) is 4.99. The average molecular weight is 240 g/mol. The maximum Gasteiger partial charge on any atom is 0.338 e. The van der Waals surface area contributed by atoms with Gasteiger partial charge in [0.2, 0.25) is 0 Å². The molecule has 1 atom stereocenters. The molecule has 16 heavy (non-hydrogen) atoms. The number of ether oxygens (including phenoxy) is 1. The molecule has 0 fully saturated rings. The first-order chi connectivity index (χ1) is 7.56. The van der Waals surface area contributed by atoms with Crippen molar-refractivity contribution in [1.29, 1.82) is 0 Å². The molecule has 1 N–H and O–H groups in total. The van der Waals surface area contributed by atoms with E-state index in [1.165, 1.54) is 31.4 Å². The molecule has 3 nitrogen and oxygen atoms in total. The van der Waals surface area contributed by atoms with Gasteiger partial charge in [0.25, 0.3) is 0 Å². The number of hydrogen-bond donors (Lipinski definition) is 1. The van der Waals surface area contributed by atoms with Gasteiger partial charge in [0.1, 0.15) is 0 Å². The second kappa shape index (κ2) is 5.92. The van der Waals surface area contributed by atoms with Gasteiger partial charge < -0.3 is 9.84 Å². The Kier molecular flexibility index (Phi) is 4.83. The van der Waals surface area contributed by atoms with Crippen LogP contribution in [0.25, 0.3) is 0 Å². The molecule has 4 heteroatoms. The molecule has 0 spiro atoms. The Balaban J connectivity index is 2.38. The number of esters is 1. The van der Waals surface area contributed by atoms with Crippen LogP contribution in [0.1, 0.15) is 12.5 Å². The van der Waals surface area contributed by atoms with E-state index in [2.05, 4.69) is 4.74 Å². The van der Waals surface area contributed by atoms with Gasteiger partial charge in [-0.2, -0.15) is 11.8 Å². The highest BCUT2D eigenvalue weighted by molar-refractivity contribution is 7.98. The molecule has 0 saturated carbocycles. The normalized spacial score (nSPS) is 14.2. The van der Waals surface area contributed by atoms with E-state index >= 15 is 0 Å². The molecule has 0 radical (unpaired) electrons. The molecule has 1 unspecified atom stereocenters. The van der Waals surface area contributed by atoms with Crippen molar-refractivity contribution in [2.24, 2.45) is 0 Å². The molecule has 0 aromatic heterocycles. The molecular formula is C12H16O3S. The molecule has 0 saturated heterocycles. The summed E-state index contributed by atoms with van der Waals surface area (Å²) in [5, 5.41) is 9.77. The van der Waals surface area contributed by atoms with E-state index in [9.17, 15) is 9.90 Å². The summed E-state index contributed by atoms with van der Waals surface area (Å²) in [6.07, 6.45) is 0. The third-order valence-electron chi connectivity index (χ3n) is 2.12. The Morgan fingerprint density at radius 1 is 1.44 bits per heavy atom. The van der Waals surface area contributed by atoms with E-state index in [0.29, 0.717) is 5.75 Å². The van der Waals surface area contributed by atoms with Crippen LogP contribution in [0.2, 0.25) is 0 Å². The fourth-order valence-corrected chi connectivity index (χ4v) is 2.27. The number of methoxy groups -OCH3 is 1. The molecule has 0 aliphatic rings. The predicted octanol–water partition coefficient (Wildman–Crippen LogP) is 1.84. The Morgan fingerprint density at radius 2 is 2.06 bits per heavy atom. The Morgan fingerprint density at radius 3 is 2.62 bits per heavy atom. The molecule has 1 rings (SSSR count). The van der Waals surface area contributed by atoms with Gasteiger partial charge in [-0.25, -0.2) is 4.79 Å². The molecule has 0 amide bonds. The fourth-order valence-electron chi connectivity index (χ4n) is 1.22. The minimum absolute atomic E-state index is 0.328. The molecule has 0 aliphatic carbocycles. The smallest absolute Gasteiger partial charge is 0.338 e. The summed E-state index contributed by atoms with van der Waals surface area (Å²) in [6.45, 7) is 1.47. The van der Waals surface area contributed by atoms with E-state index in [1.807, 2.05) is 30.3 Å². The second-order valence-electron chi connectivity index (χ2n) is 3.74. The van der Waals surface area contributed by atoms with E-state index < -0.39 is 11.6 Å². The Bertz CT molecular complexity index is 335. The summed E-state index contributed by atoms with van der Waals surface area (Å²) < 4.78 is 4.52. The van der Waals surface area contributed by atoms with Gasteiger partial charge in [0.05, 0.1) is 7.11 Å². The van der Waals surface area contributed by atoms with Gasteiger partial charge in [-0.3, -0.25) is 0 Å². The molecule has 0 heterocycles. The summed E-state index contributed by atoms with van der Waals surface area (Å²) in [4.78, 5) is 11.2. The van der Waals surface area contributed by atoms with Crippen molar-refractivity contribution in [2.75, 3.05) is 12.9 Å². The summed E-state index contributed by atoms with van der Waals surface area (Å²) in [5.74, 6) is 0.510. The van der Waals surface area contributed by atoms with Gasteiger partial charge in [-0.05, 0) is 12.5 Å². The van der Waals surface area contributed by atoms with Gasteiger partial charge in [-0.1, -0.05) is 30.3 Å². The van der Waals surface area contributed by atoms with Crippen molar-refractivity contribution in [3.8, 4) is 0 Å². The molecule has 0 bridgehead atoms. The van der Waals surface area contributed by atoms with E-state index in [1.54, 1.807) is 0 Å². The lowest BCUT2D eigenvalue weighted by molar-refractivity contribution is -0.158. The summed E-state index contributed by atoms with van der Waals surface area (Å²) in [5.41, 5.74) is -0.234. The van der Waals surface area contributed by atoms with Crippen molar-refractivity contribution in [3.63, 3.8) is 0 Å². The van der Waals surface area contributed by atoms with Gasteiger partial charge in [0, 0.05) is 11.5 Å². The zero-order chi connectivity index (χ0) is 12.0. The third-order valence-corrected chi connectivity index (χ3v) is 3.42. The van der Waals surface area contributed by atoms with Gasteiger partial charge in [-0.15, -0.1) is 0 Å². The van der Waals surface area contributed by atoms with E-state index in [4.69, 9.17) is 0 Å². The van der Waals surface area contributed by atoms with Crippen molar-refractivity contribution in [3.05, 3.63) is 35.9 Å². The summed E-state index contributed by atoms with van der Waals surface area (Å²) in [7, 11) is 1.28. The standard InChI is InChI=1S/C12H16O3S/c1-12(14,11(13)15-2)9-16-8-10-6-4-3-5-7-10/h3-7,14H,8-9H2,1-2H3. The summed E-state index contributed by atoms with van der Waals surface area (Å²) >= 11 is 1.51. The van der Waals surface area contributed by atoms with Crippen LogP contribution in [0, 0.1) is 0 Å². The number of benzene rings is 1. The first kappa shape index (κ1) is 13.1. The molecule has 88 valence electrons. The molecule has 1 aromatic rings. The Hall–Kier alpha value is -1.00. The van der Waals surface area contributed by atoms with Crippen LogP contribution < -0.4 is 0 Å². The second-order valence-corrected chi connectivity index (χ2v) is 4.73. The first-order valence-corrected chi connectivity index (χ1v) is 6.14. The SMILES string of the molecule is COC(=O)C(C)(O)CSCc1ccccc1. The number of carbonyl (C=O) groups is 1. The minimum atomic E-state index is -1.41. The topological polar surface area (TPSA) is 46.5 Å². The number of hydrogen-bond acceptors (Lipinski definition) is 4. The predicted molar refractivity (Wildman–Crippen MR) is 65.2 cm³/mol. The van der Waals surface area contributed by atoms with Crippen LogP contribution in [0.15, 0.2) is 30.3 Å². The van der Waals surface area contributed by atoms with Crippen LogP contribution in [0.3, 0.4) is 0 Å². The number of thioether (sulfide) groups is 1. The number of carbonyl (C=O) groups excluding carboxylic acids is 1. The largest absolute Gasteiger partial charge is 0.467 e. The fraction of sp³-hybridized carbons (Fsp3) is 0.417. The van der Waals surface area contributed by atoms with Crippen LogP contribution in [-0.4, -0.2) is 29.5 Å². The molecule has 0 aliphatic heterocycles. The van der Waals surface area contributed by atoms with Crippen molar-refractivity contribution >= 4 is 17.7 Å². The molecular weight excluding hydrogens is 224 g/mol. The highest BCUT2D eigenvalue weighted by Crippen LogP contribution is 2.18. The Labute approximate surface area is 99.8 Å². The van der Waals surface area contributed by atoms with Crippen LogP contribution in [-0.2, 0) is 15.3 Å². The average Bonchev–Trinajstić information content (AvgIpc) is 2.29. The summed E-state index contributed by atoms with van der Waals surface area (Å²) in [6, 6.07) is 9.92. The maximum atomic E-state index is 11.2. The third kappa shape index (κ3) is 3.87. The monoisotopic (exact) mass is 240 g/mol. The lowest BCUT2D eigenvalue weighted by Crippen LogP contribution is -2.38. The van der Waals surface area contributed by atoms with Gasteiger partial charge >= 0.3 is 5.97 Å². The molecule has 1 aromatic carbocycles. The van der Waals surface area contributed by atoms with Crippen molar-refractivity contribution in [1.82, 2.24) is 0 Å². The zero-order valence-corrected chi connectivity index (χ0v) is 10.3. The minimum Gasteiger partial charge on any atom is -0.467 e. The van der Waals surface area contributed by atoms with Crippen LogP contribution >= 0.6 is 11.8 Å². The van der Waals surface area contributed by atoms with E-state index in [-0.39, 0.29) is 0 Å².